The summed E-state index contributed by atoms with van der Waals surface area (Å²) in [4.78, 5) is 5.41. The molecule has 0 aromatic heterocycles. The number of rotatable bonds is 5. The minimum Gasteiger partial charge on any atom is -0.497 e. The fourth-order valence-corrected chi connectivity index (χ4v) is 3.12. The van der Waals surface area contributed by atoms with E-state index in [1.54, 1.807) is 7.11 Å². The van der Waals surface area contributed by atoms with Crippen LogP contribution < -0.4 is 15.4 Å². The molecule has 1 aromatic carbocycles. The van der Waals surface area contributed by atoms with Gasteiger partial charge in [0.15, 0.2) is 0 Å². The second-order valence-electron chi connectivity index (χ2n) is 5.98. The van der Waals surface area contributed by atoms with Crippen molar-refractivity contribution in [3.63, 3.8) is 0 Å². The first-order valence-electron chi connectivity index (χ1n) is 7.62. The molecule has 21 heavy (non-hydrogen) atoms. The fraction of sp³-hybridized carbons (Fsp3) is 0.562. The van der Waals surface area contributed by atoms with E-state index >= 15 is 0 Å². The van der Waals surface area contributed by atoms with E-state index in [4.69, 9.17) is 22.7 Å². The Hall–Kier alpha value is -1.33. The van der Waals surface area contributed by atoms with Gasteiger partial charge in [0.2, 0.25) is 0 Å². The molecule has 1 aliphatic heterocycles. The minimum absolute atomic E-state index is 0.452. The first-order chi connectivity index (χ1) is 10.2. The average Bonchev–Trinajstić information content (AvgIpc) is 3.31. The third-order valence-electron chi connectivity index (χ3n) is 4.40. The molecule has 2 aliphatic rings. The highest BCUT2D eigenvalue weighted by Gasteiger charge is 2.27. The highest BCUT2D eigenvalue weighted by Crippen LogP contribution is 2.31. The van der Waals surface area contributed by atoms with Crippen LogP contribution in [0.1, 0.15) is 18.4 Å². The van der Waals surface area contributed by atoms with Gasteiger partial charge in [-0.15, -0.1) is 0 Å². The Balaban J connectivity index is 1.72. The first kappa shape index (κ1) is 14.6. The summed E-state index contributed by atoms with van der Waals surface area (Å²) >= 11 is 5.19. The quantitative estimate of drug-likeness (QED) is 0.841. The van der Waals surface area contributed by atoms with E-state index in [9.17, 15) is 0 Å². The van der Waals surface area contributed by atoms with Gasteiger partial charge >= 0.3 is 0 Å². The lowest BCUT2D eigenvalue weighted by molar-refractivity contribution is 0.248. The summed E-state index contributed by atoms with van der Waals surface area (Å²) in [6.07, 6.45) is 2.84. The van der Waals surface area contributed by atoms with Crippen molar-refractivity contribution in [2.45, 2.75) is 12.8 Å². The van der Waals surface area contributed by atoms with E-state index in [0.29, 0.717) is 4.99 Å². The van der Waals surface area contributed by atoms with Crippen LogP contribution in [0.2, 0.25) is 0 Å². The molecule has 1 aromatic rings. The van der Waals surface area contributed by atoms with E-state index in [0.717, 1.165) is 49.1 Å². The summed E-state index contributed by atoms with van der Waals surface area (Å²) in [6.45, 7) is 5.55. The Kier molecular flexibility index (Phi) is 4.31. The number of nitrogens with zero attached hydrogens (tertiary/aromatic N) is 2. The van der Waals surface area contributed by atoms with Gasteiger partial charge in [-0.3, -0.25) is 4.90 Å². The van der Waals surface area contributed by atoms with Gasteiger partial charge in [-0.2, -0.15) is 0 Å². The summed E-state index contributed by atoms with van der Waals surface area (Å²) in [5, 5.41) is 0. The number of ether oxygens (including phenoxy) is 1. The third-order valence-corrected chi connectivity index (χ3v) is 4.62. The molecule has 1 aliphatic carbocycles. The predicted octanol–water partition coefficient (Wildman–Crippen LogP) is 1.86. The topological polar surface area (TPSA) is 41.7 Å². The molecule has 4 nitrogen and oxygen atoms in total. The lowest BCUT2D eigenvalue weighted by Gasteiger charge is -2.37. The van der Waals surface area contributed by atoms with E-state index in [-0.39, 0.29) is 0 Å². The van der Waals surface area contributed by atoms with E-state index in [2.05, 4.69) is 9.80 Å². The summed E-state index contributed by atoms with van der Waals surface area (Å²) in [5.74, 6) is 1.81. The maximum atomic E-state index is 5.87. The molecule has 0 radical (unpaired) electrons. The molecule has 0 amide bonds. The van der Waals surface area contributed by atoms with Gasteiger partial charge in [0.1, 0.15) is 10.7 Å². The van der Waals surface area contributed by atoms with Crippen LogP contribution in [0.25, 0.3) is 0 Å². The van der Waals surface area contributed by atoms with Gasteiger partial charge < -0.3 is 15.4 Å². The molecule has 0 unspecified atom stereocenters. The molecular weight excluding hydrogens is 282 g/mol. The molecule has 1 heterocycles. The fourth-order valence-electron chi connectivity index (χ4n) is 2.95. The number of hydrogen-bond donors (Lipinski definition) is 1. The molecule has 5 heteroatoms. The molecule has 0 spiro atoms. The number of hydrogen-bond acceptors (Lipinski definition) is 4. The van der Waals surface area contributed by atoms with Crippen molar-refractivity contribution in [2.75, 3.05) is 44.7 Å². The van der Waals surface area contributed by atoms with Gasteiger partial charge in [-0.05, 0) is 30.9 Å². The van der Waals surface area contributed by atoms with Crippen LogP contribution in [0.15, 0.2) is 18.2 Å². The molecule has 2 N–H and O–H groups in total. The lowest BCUT2D eigenvalue weighted by atomic mass is 10.1. The summed E-state index contributed by atoms with van der Waals surface area (Å²) < 4.78 is 5.34. The summed E-state index contributed by atoms with van der Waals surface area (Å²) in [7, 11) is 1.69. The van der Waals surface area contributed by atoms with Crippen molar-refractivity contribution in [3.05, 3.63) is 23.8 Å². The van der Waals surface area contributed by atoms with E-state index in [1.807, 2.05) is 18.2 Å². The van der Waals surface area contributed by atoms with Crippen LogP contribution in [-0.4, -0.2) is 49.7 Å². The van der Waals surface area contributed by atoms with Crippen LogP contribution in [0.4, 0.5) is 5.69 Å². The summed E-state index contributed by atoms with van der Waals surface area (Å²) in [5.41, 5.74) is 7.92. The number of nitrogens with two attached hydrogens (primary N) is 1. The van der Waals surface area contributed by atoms with Crippen LogP contribution >= 0.6 is 12.2 Å². The van der Waals surface area contributed by atoms with Gasteiger partial charge in [0, 0.05) is 44.4 Å². The van der Waals surface area contributed by atoms with E-state index in [1.165, 1.54) is 19.4 Å². The van der Waals surface area contributed by atoms with Crippen LogP contribution in [0.3, 0.4) is 0 Å². The van der Waals surface area contributed by atoms with Crippen molar-refractivity contribution in [1.82, 2.24) is 4.90 Å². The SMILES string of the molecule is COc1ccc(C(N)=S)c(N2CCN(CC3CC3)CC2)c1. The molecule has 1 saturated carbocycles. The van der Waals surface area contributed by atoms with Crippen LogP contribution in [-0.2, 0) is 0 Å². The van der Waals surface area contributed by atoms with Crippen LogP contribution in [0.5, 0.6) is 5.75 Å². The van der Waals surface area contributed by atoms with Crippen LogP contribution in [0, 0.1) is 5.92 Å². The maximum Gasteiger partial charge on any atom is 0.120 e. The van der Waals surface area contributed by atoms with E-state index < -0.39 is 0 Å². The Bertz CT molecular complexity index is 522. The van der Waals surface area contributed by atoms with Crippen molar-refractivity contribution < 1.29 is 4.74 Å². The second kappa shape index (κ2) is 6.20. The average molecular weight is 305 g/mol. The largest absolute Gasteiger partial charge is 0.497 e. The number of anilines is 1. The van der Waals surface area contributed by atoms with Crippen molar-refractivity contribution >= 4 is 22.9 Å². The zero-order valence-corrected chi connectivity index (χ0v) is 13.4. The van der Waals surface area contributed by atoms with Gasteiger partial charge in [0.25, 0.3) is 0 Å². The molecule has 3 rings (SSSR count). The molecular formula is C16H23N3OS. The van der Waals surface area contributed by atoms with Gasteiger partial charge in [0.05, 0.1) is 12.8 Å². The Labute approximate surface area is 131 Å². The zero-order valence-electron chi connectivity index (χ0n) is 12.5. The Morgan fingerprint density at radius 2 is 2.00 bits per heavy atom. The number of thiocarbonyl (C=S) groups is 1. The number of piperazine rings is 1. The standard InChI is InChI=1S/C16H23N3OS/c1-20-13-4-5-14(16(17)21)15(10-13)19-8-6-18(7-9-19)11-12-2-3-12/h4-5,10,12H,2-3,6-9,11H2,1H3,(H2,17,21). The normalized spacial score (nSPS) is 19.6. The molecule has 0 bridgehead atoms. The Morgan fingerprint density at radius 1 is 1.29 bits per heavy atom. The predicted molar refractivity (Wildman–Crippen MR) is 90.3 cm³/mol. The van der Waals surface area contributed by atoms with Gasteiger partial charge in [-0.25, -0.2) is 0 Å². The first-order valence-corrected chi connectivity index (χ1v) is 8.03. The molecule has 2 fully saturated rings. The highest BCUT2D eigenvalue weighted by atomic mass is 32.1. The van der Waals surface area contributed by atoms with Crippen molar-refractivity contribution in [3.8, 4) is 5.75 Å². The number of benzene rings is 1. The molecule has 0 atom stereocenters. The lowest BCUT2D eigenvalue weighted by Crippen LogP contribution is -2.47. The maximum absolute atomic E-state index is 5.87. The second-order valence-corrected chi connectivity index (χ2v) is 6.42. The highest BCUT2D eigenvalue weighted by molar-refractivity contribution is 7.80. The third kappa shape index (κ3) is 3.47. The Morgan fingerprint density at radius 3 is 2.57 bits per heavy atom. The molecule has 114 valence electrons. The van der Waals surface area contributed by atoms with Crippen molar-refractivity contribution in [1.29, 1.82) is 0 Å². The van der Waals surface area contributed by atoms with Crippen molar-refractivity contribution in [2.24, 2.45) is 11.7 Å². The summed E-state index contributed by atoms with van der Waals surface area (Å²) in [6, 6.07) is 5.93. The monoisotopic (exact) mass is 305 g/mol. The zero-order chi connectivity index (χ0) is 14.8. The van der Waals surface area contributed by atoms with Gasteiger partial charge in [-0.1, -0.05) is 12.2 Å². The molecule has 1 saturated heterocycles. The minimum atomic E-state index is 0.452. The number of methoxy groups -OCH3 is 1. The smallest absolute Gasteiger partial charge is 0.120 e.